The summed E-state index contributed by atoms with van der Waals surface area (Å²) in [6.45, 7) is 3.15. The number of hydrogen-bond acceptors (Lipinski definition) is 3. The Hall–Kier alpha value is -0.870. The molecule has 1 heterocycles. The SMILES string of the molecule is C[C@H](OCCN)c1cnn(C)c1. The van der Waals surface area contributed by atoms with Crippen molar-refractivity contribution in [3.8, 4) is 0 Å². The third kappa shape index (κ3) is 2.32. The Morgan fingerprint density at radius 1 is 1.75 bits per heavy atom. The molecule has 1 rings (SSSR count). The predicted molar refractivity (Wildman–Crippen MR) is 46.6 cm³/mol. The summed E-state index contributed by atoms with van der Waals surface area (Å²) in [6, 6.07) is 0. The normalized spacial score (nSPS) is 13.2. The fraction of sp³-hybridized carbons (Fsp3) is 0.625. The Morgan fingerprint density at radius 3 is 3.00 bits per heavy atom. The van der Waals surface area contributed by atoms with Crippen LogP contribution in [0.1, 0.15) is 18.6 Å². The van der Waals surface area contributed by atoms with Crippen molar-refractivity contribution in [1.82, 2.24) is 9.78 Å². The first kappa shape index (κ1) is 9.22. The average molecular weight is 169 g/mol. The lowest BCUT2D eigenvalue weighted by atomic mass is 10.2. The monoisotopic (exact) mass is 169 g/mol. The van der Waals surface area contributed by atoms with Crippen LogP contribution in [0, 0.1) is 0 Å². The van der Waals surface area contributed by atoms with E-state index in [0.717, 1.165) is 5.56 Å². The molecule has 4 heteroatoms. The highest BCUT2D eigenvalue weighted by atomic mass is 16.5. The van der Waals surface area contributed by atoms with Crippen molar-refractivity contribution in [3.63, 3.8) is 0 Å². The van der Waals surface area contributed by atoms with Crippen LogP contribution in [-0.4, -0.2) is 22.9 Å². The van der Waals surface area contributed by atoms with Gasteiger partial charge in [0.2, 0.25) is 0 Å². The summed E-state index contributed by atoms with van der Waals surface area (Å²) < 4.78 is 7.17. The maximum absolute atomic E-state index is 5.41. The van der Waals surface area contributed by atoms with E-state index in [2.05, 4.69) is 5.10 Å². The summed E-state index contributed by atoms with van der Waals surface area (Å²) in [4.78, 5) is 0. The van der Waals surface area contributed by atoms with Gasteiger partial charge in [-0.2, -0.15) is 5.10 Å². The largest absolute Gasteiger partial charge is 0.372 e. The molecular weight excluding hydrogens is 154 g/mol. The molecule has 0 aromatic carbocycles. The number of ether oxygens (including phenoxy) is 1. The van der Waals surface area contributed by atoms with Gasteiger partial charge in [0.05, 0.1) is 18.9 Å². The summed E-state index contributed by atoms with van der Waals surface area (Å²) in [5.74, 6) is 0. The van der Waals surface area contributed by atoms with Crippen molar-refractivity contribution in [2.24, 2.45) is 12.8 Å². The Morgan fingerprint density at radius 2 is 2.50 bits per heavy atom. The molecule has 1 atom stereocenters. The molecule has 0 aliphatic rings. The van der Waals surface area contributed by atoms with Crippen molar-refractivity contribution >= 4 is 0 Å². The van der Waals surface area contributed by atoms with Crippen molar-refractivity contribution in [2.75, 3.05) is 13.2 Å². The number of aryl methyl sites for hydroxylation is 1. The van der Waals surface area contributed by atoms with Crippen LogP contribution in [0.4, 0.5) is 0 Å². The molecule has 0 spiro atoms. The van der Waals surface area contributed by atoms with E-state index in [-0.39, 0.29) is 6.10 Å². The van der Waals surface area contributed by atoms with E-state index in [1.165, 1.54) is 0 Å². The molecule has 0 saturated heterocycles. The topological polar surface area (TPSA) is 53.1 Å². The molecule has 0 unspecified atom stereocenters. The van der Waals surface area contributed by atoms with Gasteiger partial charge >= 0.3 is 0 Å². The van der Waals surface area contributed by atoms with Crippen LogP contribution in [0.2, 0.25) is 0 Å². The molecule has 0 saturated carbocycles. The van der Waals surface area contributed by atoms with E-state index >= 15 is 0 Å². The molecule has 2 N–H and O–H groups in total. The molecule has 0 amide bonds. The minimum absolute atomic E-state index is 0.0854. The first-order chi connectivity index (χ1) is 5.74. The number of aromatic nitrogens is 2. The zero-order valence-electron chi connectivity index (χ0n) is 7.53. The van der Waals surface area contributed by atoms with Crippen LogP contribution in [0.5, 0.6) is 0 Å². The lowest BCUT2D eigenvalue weighted by Crippen LogP contribution is -2.10. The van der Waals surface area contributed by atoms with Gasteiger partial charge in [-0.3, -0.25) is 4.68 Å². The molecule has 68 valence electrons. The Bertz CT molecular complexity index is 234. The Kier molecular flexibility index (Phi) is 3.25. The third-order valence-corrected chi connectivity index (χ3v) is 1.68. The summed E-state index contributed by atoms with van der Waals surface area (Å²) in [7, 11) is 1.89. The van der Waals surface area contributed by atoms with E-state index in [1.807, 2.05) is 20.2 Å². The molecule has 0 fully saturated rings. The van der Waals surface area contributed by atoms with Crippen LogP contribution in [-0.2, 0) is 11.8 Å². The Balaban J connectivity index is 2.47. The number of hydrogen-bond donors (Lipinski definition) is 1. The molecule has 0 aliphatic heterocycles. The van der Waals surface area contributed by atoms with Crippen LogP contribution in [0.25, 0.3) is 0 Å². The maximum atomic E-state index is 5.41. The van der Waals surface area contributed by atoms with E-state index in [1.54, 1.807) is 10.9 Å². The van der Waals surface area contributed by atoms with Gasteiger partial charge in [0.15, 0.2) is 0 Å². The molecule has 1 aromatic heterocycles. The van der Waals surface area contributed by atoms with Gasteiger partial charge in [-0.15, -0.1) is 0 Å². The van der Waals surface area contributed by atoms with Gasteiger partial charge in [-0.25, -0.2) is 0 Å². The molecule has 0 bridgehead atoms. The first-order valence-corrected chi connectivity index (χ1v) is 4.04. The summed E-state index contributed by atoms with van der Waals surface area (Å²) >= 11 is 0. The predicted octanol–water partition coefficient (Wildman–Crippen LogP) is 0.456. The molecule has 1 aromatic rings. The fourth-order valence-electron chi connectivity index (χ4n) is 0.991. The lowest BCUT2D eigenvalue weighted by molar-refractivity contribution is 0.0717. The second-order valence-electron chi connectivity index (χ2n) is 2.75. The molecule has 0 aliphatic carbocycles. The number of nitrogens with zero attached hydrogens (tertiary/aromatic N) is 2. The highest BCUT2D eigenvalue weighted by Crippen LogP contribution is 2.14. The van der Waals surface area contributed by atoms with E-state index in [0.29, 0.717) is 13.2 Å². The van der Waals surface area contributed by atoms with E-state index in [4.69, 9.17) is 10.5 Å². The van der Waals surface area contributed by atoms with Gasteiger partial charge in [-0.1, -0.05) is 0 Å². The van der Waals surface area contributed by atoms with Gasteiger partial charge in [-0.05, 0) is 6.92 Å². The zero-order chi connectivity index (χ0) is 8.97. The minimum atomic E-state index is 0.0854. The zero-order valence-corrected chi connectivity index (χ0v) is 7.53. The first-order valence-electron chi connectivity index (χ1n) is 4.04. The second-order valence-corrected chi connectivity index (χ2v) is 2.75. The molecular formula is C8H15N3O. The van der Waals surface area contributed by atoms with Crippen molar-refractivity contribution in [3.05, 3.63) is 18.0 Å². The summed E-state index contributed by atoms with van der Waals surface area (Å²) in [6.07, 6.45) is 3.84. The van der Waals surface area contributed by atoms with Crippen molar-refractivity contribution in [1.29, 1.82) is 0 Å². The highest BCUT2D eigenvalue weighted by Gasteiger charge is 2.06. The molecule has 12 heavy (non-hydrogen) atoms. The number of nitrogens with two attached hydrogens (primary N) is 1. The highest BCUT2D eigenvalue weighted by molar-refractivity contribution is 5.06. The van der Waals surface area contributed by atoms with Crippen LogP contribution in [0.3, 0.4) is 0 Å². The summed E-state index contributed by atoms with van der Waals surface area (Å²) in [5, 5.41) is 4.05. The van der Waals surface area contributed by atoms with Gasteiger partial charge in [0.25, 0.3) is 0 Å². The van der Waals surface area contributed by atoms with Crippen molar-refractivity contribution < 1.29 is 4.74 Å². The Labute approximate surface area is 72.3 Å². The summed E-state index contributed by atoms with van der Waals surface area (Å²) in [5.41, 5.74) is 6.40. The van der Waals surface area contributed by atoms with E-state index in [9.17, 15) is 0 Å². The lowest BCUT2D eigenvalue weighted by Gasteiger charge is -2.09. The van der Waals surface area contributed by atoms with Gasteiger partial charge in [0, 0.05) is 25.4 Å². The fourth-order valence-corrected chi connectivity index (χ4v) is 0.991. The van der Waals surface area contributed by atoms with Crippen LogP contribution in [0.15, 0.2) is 12.4 Å². The van der Waals surface area contributed by atoms with E-state index < -0.39 is 0 Å². The van der Waals surface area contributed by atoms with Crippen LogP contribution >= 0.6 is 0 Å². The average Bonchev–Trinajstić information content (AvgIpc) is 2.47. The molecule has 0 radical (unpaired) electrons. The quantitative estimate of drug-likeness (QED) is 0.712. The maximum Gasteiger partial charge on any atom is 0.0827 e. The van der Waals surface area contributed by atoms with Gasteiger partial charge in [0.1, 0.15) is 0 Å². The standard InChI is InChI=1S/C8H15N3O/c1-7(12-4-3-9)8-5-10-11(2)6-8/h5-7H,3-4,9H2,1-2H3/t7-/m0/s1. The second kappa shape index (κ2) is 4.23. The van der Waals surface area contributed by atoms with Gasteiger partial charge < -0.3 is 10.5 Å². The third-order valence-electron chi connectivity index (χ3n) is 1.68. The van der Waals surface area contributed by atoms with Crippen molar-refractivity contribution in [2.45, 2.75) is 13.0 Å². The smallest absolute Gasteiger partial charge is 0.0827 e. The minimum Gasteiger partial charge on any atom is -0.372 e. The molecule has 4 nitrogen and oxygen atoms in total. The van der Waals surface area contributed by atoms with Crippen LogP contribution < -0.4 is 5.73 Å². The number of rotatable bonds is 4.